The van der Waals surface area contributed by atoms with E-state index in [0.717, 1.165) is 36.8 Å². The molecule has 0 atom stereocenters. The molecule has 176 valence electrons. The van der Waals surface area contributed by atoms with Crippen LogP contribution in [0, 0.1) is 24.0 Å². The summed E-state index contributed by atoms with van der Waals surface area (Å²) in [6.07, 6.45) is 0. The van der Waals surface area contributed by atoms with Crippen molar-refractivity contribution in [3.63, 3.8) is 0 Å². The van der Waals surface area contributed by atoms with Crippen LogP contribution in [0.3, 0.4) is 0 Å². The molecule has 1 aliphatic rings. The van der Waals surface area contributed by atoms with Crippen molar-refractivity contribution < 1.29 is 9.72 Å². The van der Waals surface area contributed by atoms with Gasteiger partial charge in [0, 0.05) is 50.4 Å². The van der Waals surface area contributed by atoms with Crippen molar-refractivity contribution in [1.29, 1.82) is 0 Å². The fourth-order valence-electron chi connectivity index (χ4n) is 3.82. The van der Waals surface area contributed by atoms with Crippen molar-refractivity contribution in [1.82, 2.24) is 15.2 Å². The number of hydrogen-bond acceptors (Lipinski definition) is 7. The SMILES string of the molecule is Cc1ccc(C)c2sc(N3CCN(CCNC(=O)c4cc(Cl)ccc4[N+](=O)[O-])CC3)nc12.Cl. The molecule has 0 spiro atoms. The van der Waals surface area contributed by atoms with Crippen LogP contribution in [0.2, 0.25) is 5.02 Å². The van der Waals surface area contributed by atoms with Crippen LogP contribution in [0.4, 0.5) is 10.8 Å². The second-order valence-electron chi connectivity index (χ2n) is 7.88. The molecule has 8 nitrogen and oxygen atoms in total. The molecule has 0 aliphatic carbocycles. The summed E-state index contributed by atoms with van der Waals surface area (Å²) in [4.78, 5) is 32.5. The number of nitrogens with zero attached hydrogens (tertiary/aromatic N) is 4. The number of aromatic nitrogens is 1. The topological polar surface area (TPSA) is 91.6 Å². The third-order valence-corrected chi connectivity index (χ3v) is 7.17. The zero-order chi connectivity index (χ0) is 22.8. The predicted molar refractivity (Wildman–Crippen MR) is 135 cm³/mol. The molecule has 0 unspecified atom stereocenters. The number of thiazole rings is 1. The summed E-state index contributed by atoms with van der Waals surface area (Å²) in [7, 11) is 0. The number of carbonyl (C=O) groups excluding carboxylic acids is 1. The monoisotopic (exact) mass is 509 g/mol. The van der Waals surface area contributed by atoms with Gasteiger partial charge in [0.05, 0.1) is 15.1 Å². The number of amides is 1. The third-order valence-electron chi connectivity index (χ3n) is 5.69. The summed E-state index contributed by atoms with van der Waals surface area (Å²) >= 11 is 7.65. The van der Waals surface area contributed by atoms with Crippen molar-refractivity contribution >= 4 is 62.3 Å². The smallest absolute Gasteiger partial charge is 0.282 e. The number of anilines is 1. The van der Waals surface area contributed by atoms with E-state index in [1.54, 1.807) is 11.3 Å². The fraction of sp³-hybridized carbons (Fsp3) is 0.364. The molecule has 1 saturated heterocycles. The number of nitrogens with one attached hydrogen (secondary N) is 1. The first kappa shape index (κ1) is 25.2. The normalized spacial score (nSPS) is 14.2. The van der Waals surface area contributed by atoms with Crippen LogP contribution in [0.1, 0.15) is 21.5 Å². The van der Waals surface area contributed by atoms with E-state index < -0.39 is 10.8 Å². The molecule has 2 aromatic carbocycles. The highest BCUT2D eigenvalue weighted by Gasteiger charge is 2.22. The molecule has 3 aromatic rings. The lowest BCUT2D eigenvalue weighted by Gasteiger charge is -2.34. The lowest BCUT2D eigenvalue weighted by atomic mass is 10.1. The lowest BCUT2D eigenvalue weighted by molar-refractivity contribution is -0.385. The molecule has 1 amide bonds. The number of benzene rings is 2. The second kappa shape index (κ2) is 10.6. The van der Waals surface area contributed by atoms with E-state index in [-0.39, 0.29) is 28.7 Å². The Morgan fingerprint density at radius 2 is 1.88 bits per heavy atom. The number of carbonyl (C=O) groups is 1. The summed E-state index contributed by atoms with van der Waals surface area (Å²) in [6, 6.07) is 8.25. The highest BCUT2D eigenvalue weighted by molar-refractivity contribution is 7.22. The van der Waals surface area contributed by atoms with Gasteiger partial charge in [-0.1, -0.05) is 35.1 Å². The lowest BCUT2D eigenvalue weighted by Crippen LogP contribution is -2.48. The van der Waals surface area contributed by atoms with Crippen molar-refractivity contribution in [3.8, 4) is 0 Å². The maximum atomic E-state index is 12.4. The number of nitro benzene ring substituents is 1. The Morgan fingerprint density at radius 1 is 1.18 bits per heavy atom. The Bertz CT molecular complexity index is 1140. The van der Waals surface area contributed by atoms with Crippen molar-refractivity contribution in [3.05, 3.63) is 62.2 Å². The minimum atomic E-state index is -0.574. The molecule has 1 aliphatic heterocycles. The number of nitro groups is 1. The van der Waals surface area contributed by atoms with Gasteiger partial charge in [0.25, 0.3) is 11.6 Å². The van der Waals surface area contributed by atoms with Crippen LogP contribution in [-0.4, -0.2) is 60.0 Å². The molecule has 11 heteroatoms. The van der Waals surface area contributed by atoms with Gasteiger partial charge in [-0.3, -0.25) is 19.8 Å². The second-order valence-corrected chi connectivity index (χ2v) is 9.29. The molecule has 33 heavy (non-hydrogen) atoms. The molecular weight excluding hydrogens is 485 g/mol. The highest BCUT2D eigenvalue weighted by Crippen LogP contribution is 2.33. The predicted octanol–water partition coefficient (Wildman–Crippen LogP) is 4.45. The number of piperazine rings is 1. The molecule has 0 bridgehead atoms. The average Bonchev–Trinajstić information content (AvgIpc) is 3.23. The largest absolute Gasteiger partial charge is 0.351 e. The first-order valence-corrected chi connectivity index (χ1v) is 11.6. The minimum absolute atomic E-state index is 0. The van der Waals surface area contributed by atoms with E-state index in [9.17, 15) is 14.9 Å². The van der Waals surface area contributed by atoms with Gasteiger partial charge in [-0.25, -0.2) is 4.98 Å². The maximum Gasteiger partial charge on any atom is 0.282 e. The van der Waals surface area contributed by atoms with Gasteiger partial charge in [0.15, 0.2) is 5.13 Å². The van der Waals surface area contributed by atoms with Crippen LogP contribution < -0.4 is 10.2 Å². The fourth-order valence-corrected chi connectivity index (χ4v) is 5.15. The van der Waals surface area contributed by atoms with Gasteiger partial charge in [0.1, 0.15) is 5.56 Å². The Balaban J connectivity index is 0.00000306. The number of rotatable bonds is 6. The van der Waals surface area contributed by atoms with E-state index in [1.165, 1.54) is 34.0 Å². The van der Waals surface area contributed by atoms with Gasteiger partial charge in [-0.2, -0.15) is 0 Å². The van der Waals surface area contributed by atoms with Gasteiger partial charge in [-0.05, 0) is 37.1 Å². The summed E-state index contributed by atoms with van der Waals surface area (Å²) in [6.45, 7) is 8.75. The van der Waals surface area contributed by atoms with Crippen LogP contribution >= 0.6 is 35.3 Å². The van der Waals surface area contributed by atoms with Crippen LogP contribution in [0.15, 0.2) is 30.3 Å². The highest BCUT2D eigenvalue weighted by atomic mass is 35.5. The number of fused-ring (bicyclic) bond motifs is 1. The Kier molecular flexibility index (Phi) is 8.12. The summed E-state index contributed by atoms with van der Waals surface area (Å²) in [5.74, 6) is -0.488. The van der Waals surface area contributed by atoms with Crippen molar-refractivity contribution in [2.75, 3.05) is 44.2 Å². The summed E-state index contributed by atoms with van der Waals surface area (Å²) in [5, 5.41) is 15.3. The maximum absolute atomic E-state index is 12.4. The molecule has 1 fully saturated rings. The molecule has 0 saturated carbocycles. The molecular formula is C22H25Cl2N5O3S. The van der Waals surface area contributed by atoms with E-state index in [0.29, 0.717) is 13.1 Å². The first-order chi connectivity index (χ1) is 15.3. The summed E-state index contributed by atoms with van der Waals surface area (Å²) in [5.41, 5.74) is 3.27. The minimum Gasteiger partial charge on any atom is -0.351 e. The molecule has 4 rings (SSSR count). The number of aryl methyl sites for hydroxylation is 2. The van der Waals surface area contributed by atoms with Gasteiger partial charge < -0.3 is 10.2 Å². The van der Waals surface area contributed by atoms with Crippen molar-refractivity contribution in [2.45, 2.75) is 13.8 Å². The van der Waals surface area contributed by atoms with E-state index >= 15 is 0 Å². The van der Waals surface area contributed by atoms with E-state index in [4.69, 9.17) is 16.6 Å². The van der Waals surface area contributed by atoms with Gasteiger partial charge >= 0.3 is 0 Å². The van der Waals surface area contributed by atoms with E-state index in [2.05, 4.69) is 41.1 Å². The van der Waals surface area contributed by atoms with E-state index in [1.807, 2.05) is 0 Å². The standard InChI is InChI=1S/C22H24ClN5O3S.ClH/c1-14-3-4-15(2)20-19(14)25-22(32-20)27-11-9-26(10-12-27)8-7-24-21(29)17-13-16(23)5-6-18(17)28(30)31;/h3-6,13H,7-12H2,1-2H3,(H,24,29);1H. The van der Waals surface area contributed by atoms with Gasteiger partial charge in [-0.15, -0.1) is 12.4 Å². The Morgan fingerprint density at radius 3 is 2.55 bits per heavy atom. The number of halogens is 2. The van der Waals surface area contributed by atoms with Crippen LogP contribution in [0.5, 0.6) is 0 Å². The quantitative estimate of drug-likeness (QED) is 0.389. The molecule has 2 heterocycles. The molecule has 1 aromatic heterocycles. The Hall–Kier alpha value is -2.46. The molecule has 1 N–H and O–H groups in total. The van der Waals surface area contributed by atoms with Crippen LogP contribution in [-0.2, 0) is 0 Å². The summed E-state index contributed by atoms with van der Waals surface area (Å²) < 4.78 is 1.25. The van der Waals surface area contributed by atoms with Crippen molar-refractivity contribution in [2.24, 2.45) is 0 Å². The third kappa shape index (κ3) is 5.55. The average molecular weight is 510 g/mol. The van der Waals surface area contributed by atoms with Gasteiger partial charge in [0.2, 0.25) is 0 Å². The van der Waals surface area contributed by atoms with Crippen LogP contribution in [0.25, 0.3) is 10.2 Å². The first-order valence-electron chi connectivity index (χ1n) is 10.4. The zero-order valence-corrected chi connectivity index (χ0v) is 20.7. The zero-order valence-electron chi connectivity index (χ0n) is 18.3. The number of hydrogen-bond donors (Lipinski definition) is 1. The molecule has 0 radical (unpaired) electrons. The Labute approximate surface area is 207 Å².